The van der Waals surface area contributed by atoms with Gasteiger partial charge >= 0.3 is 5.97 Å². The van der Waals surface area contributed by atoms with Crippen LogP contribution in [0.4, 0.5) is 0 Å². The van der Waals surface area contributed by atoms with Crippen LogP contribution in [-0.4, -0.2) is 25.2 Å². The van der Waals surface area contributed by atoms with Crippen molar-refractivity contribution >= 4 is 15.8 Å². The van der Waals surface area contributed by atoms with Crippen LogP contribution in [0.5, 0.6) is 0 Å². The Kier molecular flexibility index (Phi) is 5.11. The Morgan fingerprint density at radius 3 is 2.11 bits per heavy atom. The maximum atomic E-state index is 11.8. The molecule has 0 saturated carbocycles. The number of sulfone groups is 1. The molecule has 0 aliphatic rings. The summed E-state index contributed by atoms with van der Waals surface area (Å²) in [5.74, 6) is -1.19. The molecule has 0 aliphatic heterocycles. The van der Waals surface area contributed by atoms with Gasteiger partial charge in [0.1, 0.15) is 0 Å². The zero-order valence-corrected chi connectivity index (χ0v) is 12.3. The molecule has 5 heteroatoms. The first-order valence-electron chi connectivity index (χ1n) is 6.23. The van der Waals surface area contributed by atoms with Crippen LogP contribution in [0.15, 0.2) is 24.3 Å². The average molecular weight is 284 g/mol. The topological polar surface area (TPSA) is 71.4 Å². The second-order valence-corrected chi connectivity index (χ2v) is 7.36. The van der Waals surface area contributed by atoms with E-state index < -0.39 is 21.7 Å². The van der Waals surface area contributed by atoms with Gasteiger partial charge in [0.25, 0.3) is 0 Å². The molecule has 0 aromatic heterocycles. The van der Waals surface area contributed by atoms with Crippen LogP contribution in [-0.2, 0) is 20.4 Å². The first kappa shape index (κ1) is 15.7. The van der Waals surface area contributed by atoms with Gasteiger partial charge in [0.15, 0.2) is 9.84 Å². The molecule has 0 saturated heterocycles. The number of benzene rings is 1. The Morgan fingerprint density at radius 1 is 1.16 bits per heavy atom. The van der Waals surface area contributed by atoms with Gasteiger partial charge in [-0.3, -0.25) is 4.79 Å². The SMILES string of the molecule is CC(C)CS(=O)(=O)Cc1ccc(C(C)C(=O)O)cc1. The van der Waals surface area contributed by atoms with Crippen molar-refractivity contribution < 1.29 is 18.3 Å². The van der Waals surface area contributed by atoms with E-state index in [2.05, 4.69) is 0 Å². The summed E-state index contributed by atoms with van der Waals surface area (Å²) < 4.78 is 23.7. The minimum Gasteiger partial charge on any atom is -0.481 e. The normalized spacial score (nSPS) is 13.5. The molecule has 19 heavy (non-hydrogen) atoms. The summed E-state index contributed by atoms with van der Waals surface area (Å²) in [4.78, 5) is 10.8. The summed E-state index contributed by atoms with van der Waals surface area (Å²) in [7, 11) is -3.10. The van der Waals surface area contributed by atoms with Crippen molar-refractivity contribution in [2.24, 2.45) is 5.92 Å². The molecule has 1 aromatic rings. The van der Waals surface area contributed by atoms with E-state index in [9.17, 15) is 13.2 Å². The van der Waals surface area contributed by atoms with Gasteiger partial charge in [0, 0.05) is 0 Å². The summed E-state index contributed by atoms with van der Waals surface area (Å²) in [5.41, 5.74) is 1.37. The molecule has 0 aliphatic carbocycles. The highest BCUT2D eigenvalue weighted by Gasteiger charge is 2.16. The third-order valence-corrected chi connectivity index (χ3v) is 4.77. The highest BCUT2D eigenvalue weighted by Crippen LogP contribution is 2.17. The lowest BCUT2D eigenvalue weighted by molar-refractivity contribution is -0.138. The molecule has 0 heterocycles. The molecule has 1 unspecified atom stereocenters. The second-order valence-electron chi connectivity index (χ2n) is 5.25. The second kappa shape index (κ2) is 6.19. The molecular weight excluding hydrogens is 264 g/mol. The van der Waals surface area contributed by atoms with Gasteiger partial charge in [-0.05, 0) is 24.0 Å². The average Bonchev–Trinajstić information content (AvgIpc) is 2.26. The van der Waals surface area contributed by atoms with Crippen molar-refractivity contribution in [2.45, 2.75) is 32.4 Å². The highest BCUT2D eigenvalue weighted by molar-refractivity contribution is 7.90. The summed E-state index contributed by atoms with van der Waals surface area (Å²) in [6.07, 6.45) is 0. The fourth-order valence-corrected chi connectivity index (χ4v) is 3.70. The van der Waals surface area contributed by atoms with Crippen LogP contribution in [0.1, 0.15) is 37.8 Å². The Morgan fingerprint density at radius 2 is 1.68 bits per heavy atom. The first-order valence-corrected chi connectivity index (χ1v) is 8.05. The Bertz CT molecular complexity index is 529. The van der Waals surface area contributed by atoms with E-state index in [0.29, 0.717) is 11.1 Å². The quantitative estimate of drug-likeness (QED) is 0.871. The molecule has 0 spiro atoms. The van der Waals surface area contributed by atoms with Gasteiger partial charge in [-0.2, -0.15) is 0 Å². The minimum absolute atomic E-state index is 0.00686. The number of rotatable bonds is 6. The first-order chi connectivity index (χ1) is 8.71. The van der Waals surface area contributed by atoms with Crippen LogP contribution in [0.2, 0.25) is 0 Å². The van der Waals surface area contributed by atoms with Gasteiger partial charge in [-0.1, -0.05) is 38.1 Å². The van der Waals surface area contributed by atoms with E-state index in [0.717, 1.165) is 0 Å². The van der Waals surface area contributed by atoms with Gasteiger partial charge in [-0.15, -0.1) is 0 Å². The number of hydrogen-bond donors (Lipinski definition) is 1. The van der Waals surface area contributed by atoms with Gasteiger partial charge in [-0.25, -0.2) is 8.42 Å². The molecule has 1 aromatic carbocycles. The third kappa shape index (κ3) is 5.03. The maximum Gasteiger partial charge on any atom is 0.310 e. The molecule has 4 nitrogen and oxygen atoms in total. The van der Waals surface area contributed by atoms with Crippen molar-refractivity contribution in [3.05, 3.63) is 35.4 Å². The molecule has 0 amide bonds. The van der Waals surface area contributed by atoms with Crippen molar-refractivity contribution in [2.75, 3.05) is 5.75 Å². The molecule has 1 N–H and O–H groups in total. The molecule has 0 bridgehead atoms. The summed E-state index contributed by atoms with van der Waals surface area (Å²) in [6, 6.07) is 6.73. The third-order valence-electron chi connectivity index (χ3n) is 2.82. The van der Waals surface area contributed by atoms with E-state index in [-0.39, 0.29) is 17.4 Å². The number of aliphatic carboxylic acids is 1. The molecular formula is C14H20O4S. The van der Waals surface area contributed by atoms with Gasteiger partial charge in [0.05, 0.1) is 17.4 Å². The Balaban J connectivity index is 2.80. The zero-order chi connectivity index (χ0) is 14.6. The minimum atomic E-state index is -3.10. The van der Waals surface area contributed by atoms with Crippen LogP contribution in [0, 0.1) is 5.92 Å². The van der Waals surface area contributed by atoms with E-state index in [4.69, 9.17) is 5.11 Å². The van der Waals surface area contributed by atoms with Crippen LogP contribution >= 0.6 is 0 Å². The highest BCUT2D eigenvalue weighted by atomic mass is 32.2. The molecule has 1 atom stereocenters. The number of carboxylic acids is 1. The van der Waals surface area contributed by atoms with Crippen molar-refractivity contribution in [3.8, 4) is 0 Å². The van der Waals surface area contributed by atoms with Crippen molar-refractivity contribution in [1.29, 1.82) is 0 Å². The summed E-state index contributed by atoms with van der Waals surface area (Å²) >= 11 is 0. The van der Waals surface area contributed by atoms with E-state index in [1.807, 2.05) is 13.8 Å². The lowest BCUT2D eigenvalue weighted by Gasteiger charge is -2.09. The fraction of sp³-hybridized carbons (Fsp3) is 0.500. The van der Waals surface area contributed by atoms with Crippen LogP contribution in [0.3, 0.4) is 0 Å². The Hall–Kier alpha value is -1.36. The predicted octanol–water partition coefficient (Wildman–Crippen LogP) is 2.45. The van der Waals surface area contributed by atoms with Crippen molar-refractivity contribution in [1.82, 2.24) is 0 Å². The van der Waals surface area contributed by atoms with Crippen molar-refractivity contribution in [3.63, 3.8) is 0 Å². The van der Waals surface area contributed by atoms with Crippen LogP contribution in [0.25, 0.3) is 0 Å². The smallest absolute Gasteiger partial charge is 0.310 e. The lowest BCUT2D eigenvalue weighted by Crippen LogP contribution is -2.14. The lowest BCUT2D eigenvalue weighted by atomic mass is 10.0. The van der Waals surface area contributed by atoms with Gasteiger partial charge in [0.2, 0.25) is 0 Å². The standard InChI is InChI=1S/C14H20O4S/c1-10(2)8-19(17,18)9-12-4-6-13(7-5-12)11(3)14(15)16/h4-7,10-11H,8-9H2,1-3H3,(H,15,16). The number of carboxylic acid groups (broad SMARTS) is 1. The molecule has 106 valence electrons. The predicted molar refractivity (Wildman–Crippen MR) is 74.8 cm³/mol. The van der Waals surface area contributed by atoms with E-state index >= 15 is 0 Å². The van der Waals surface area contributed by atoms with E-state index in [1.165, 1.54) is 0 Å². The molecule has 0 radical (unpaired) electrons. The Labute approximate surface area is 114 Å². The number of hydrogen-bond acceptors (Lipinski definition) is 3. The largest absolute Gasteiger partial charge is 0.481 e. The summed E-state index contributed by atoms with van der Waals surface area (Å²) in [6.45, 7) is 5.34. The number of carbonyl (C=O) groups is 1. The monoisotopic (exact) mass is 284 g/mol. The molecule has 1 rings (SSSR count). The van der Waals surface area contributed by atoms with Crippen LogP contribution < -0.4 is 0 Å². The zero-order valence-electron chi connectivity index (χ0n) is 11.5. The van der Waals surface area contributed by atoms with Gasteiger partial charge < -0.3 is 5.11 Å². The maximum absolute atomic E-state index is 11.8. The van der Waals surface area contributed by atoms with E-state index in [1.54, 1.807) is 31.2 Å². The summed E-state index contributed by atoms with van der Waals surface area (Å²) in [5, 5.41) is 8.89. The molecule has 0 fully saturated rings. The fourth-order valence-electron chi connectivity index (χ4n) is 1.87.